The topological polar surface area (TPSA) is 179 Å². The Morgan fingerprint density at radius 1 is 0.895 bits per heavy atom. The maximum Gasteiger partial charge on any atom is 0.246 e. The Balaban J connectivity index is 0.00000870. The first-order valence-electron chi connectivity index (χ1n) is 19.8. The van der Waals surface area contributed by atoms with Gasteiger partial charge in [-0.05, 0) is 49.4 Å². The van der Waals surface area contributed by atoms with Gasteiger partial charge >= 0.3 is 0 Å². The molecule has 0 spiro atoms. The minimum atomic E-state index is -0.908. The zero-order valence-electron chi connectivity index (χ0n) is 34.0. The highest BCUT2D eigenvalue weighted by Crippen LogP contribution is 2.28. The van der Waals surface area contributed by atoms with E-state index in [0.29, 0.717) is 72.2 Å². The summed E-state index contributed by atoms with van der Waals surface area (Å²) in [7, 11) is 0. The van der Waals surface area contributed by atoms with Crippen molar-refractivity contribution in [1.29, 1.82) is 0 Å². The maximum atomic E-state index is 13.9. The molecular formula is C40H64ClN5O10S. The highest BCUT2D eigenvalue weighted by molar-refractivity contribution is 7.13. The second-order valence-corrected chi connectivity index (χ2v) is 15.9. The number of amides is 3. The molecule has 2 aliphatic rings. The molecule has 4 N–H and O–H groups in total. The van der Waals surface area contributed by atoms with Crippen LogP contribution in [-0.2, 0) is 49.3 Å². The Labute approximate surface area is 347 Å². The number of carbonyl (C=O) groups excluding carboxylic acids is 3. The molecule has 2 aliphatic heterocycles. The number of β-amino-alcohol motifs (C(OH)–C–C–N with tert-alkyl or cyclic N) is 1. The van der Waals surface area contributed by atoms with Gasteiger partial charge in [-0.15, -0.1) is 23.7 Å². The lowest BCUT2D eigenvalue weighted by molar-refractivity contribution is -0.144. The van der Waals surface area contributed by atoms with E-state index >= 15 is 0 Å². The number of benzene rings is 1. The van der Waals surface area contributed by atoms with Gasteiger partial charge in [0.25, 0.3) is 0 Å². The number of aromatic nitrogens is 1. The van der Waals surface area contributed by atoms with Gasteiger partial charge in [0.2, 0.25) is 17.7 Å². The van der Waals surface area contributed by atoms with Crippen molar-refractivity contribution in [3.63, 3.8) is 0 Å². The average Bonchev–Trinajstić information content (AvgIpc) is 3.80. The van der Waals surface area contributed by atoms with Crippen LogP contribution in [0.25, 0.3) is 10.4 Å². The van der Waals surface area contributed by atoms with Crippen molar-refractivity contribution in [1.82, 2.24) is 25.8 Å². The predicted octanol–water partition coefficient (Wildman–Crippen LogP) is 2.89. The van der Waals surface area contributed by atoms with Crippen molar-refractivity contribution in [3.8, 4) is 10.4 Å². The number of hydrogen-bond donors (Lipinski definition) is 4. The Bertz CT molecular complexity index is 1460. The first-order valence-corrected chi connectivity index (χ1v) is 20.7. The molecule has 322 valence electrons. The van der Waals surface area contributed by atoms with Crippen LogP contribution >= 0.6 is 23.7 Å². The fourth-order valence-corrected chi connectivity index (χ4v) is 7.21. The second-order valence-electron chi connectivity index (χ2n) is 15.1. The van der Waals surface area contributed by atoms with Crippen LogP contribution in [-0.4, -0.2) is 149 Å². The molecule has 4 rings (SSSR count). The van der Waals surface area contributed by atoms with Crippen LogP contribution in [0.5, 0.6) is 0 Å². The molecule has 0 aliphatic carbocycles. The van der Waals surface area contributed by atoms with Crippen LogP contribution < -0.4 is 16.0 Å². The van der Waals surface area contributed by atoms with E-state index in [0.717, 1.165) is 47.6 Å². The van der Waals surface area contributed by atoms with Crippen molar-refractivity contribution in [2.45, 2.75) is 84.2 Å². The molecule has 3 heterocycles. The zero-order valence-corrected chi connectivity index (χ0v) is 35.6. The normalized spacial score (nSPS) is 17.9. The number of ether oxygens (including phenoxy) is 6. The quantitative estimate of drug-likeness (QED) is 0.108. The van der Waals surface area contributed by atoms with Crippen LogP contribution in [0.3, 0.4) is 0 Å². The molecule has 1 aromatic carbocycles. The zero-order chi connectivity index (χ0) is 40.2. The molecule has 15 nitrogen and oxygen atoms in total. The van der Waals surface area contributed by atoms with Gasteiger partial charge < -0.3 is 54.4 Å². The van der Waals surface area contributed by atoms with Crippen molar-refractivity contribution < 1.29 is 47.9 Å². The number of aliphatic hydroxyl groups excluding tert-OH is 1. The Hall–Kier alpha value is -2.77. The van der Waals surface area contributed by atoms with Crippen molar-refractivity contribution in [3.05, 3.63) is 41.0 Å². The van der Waals surface area contributed by atoms with E-state index < -0.39 is 29.5 Å². The van der Waals surface area contributed by atoms with Crippen molar-refractivity contribution in [2.24, 2.45) is 5.41 Å². The number of likely N-dealkylation sites (tertiary alicyclic amines) is 1. The number of halogens is 1. The smallest absolute Gasteiger partial charge is 0.246 e. The Morgan fingerprint density at radius 2 is 1.46 bits per heavy atom. The SMILES string of the molecule is Cc1ncsc1-c1ccc(CNC(=O)[C@@H]2C[C@@H](O)CN2C(=O)[C@@H](NC(=O)CCOCCOCCOCCOCCOCCOC2CCNCC2)C(C)(C)C)cc1.Cl. The van der Waals surface area contributed by atoms with Crippen LogP contribution in [0.4, 0.5) is 0 Å². The number of aryl methyl sites for hydroxylation is 1. The number of carbonyl (C=O) groups is 3. The number of thiazole rings is 1. The molecular weight excluding hydrogens is 778 g/mol. The molecule has 57 heavy (non-hydrogen) atoms. The number of hydrogen-bond acceptors (Lipinski definition) is 13. The summed E-state index contributed by atoms with van der Waals surface area (Å²) in [6, 6.07) is 6.13. The van der Waals surface area contributed by atoms with Crippen molar-refractivity contribution >= 4 is 41.5 Å². The summed E-state index contributed by atoms with van der Waals surface area (Å²) >= 11 is 1.58. The number of nitrogens with zero attached hydrogens (tertiary/aromatic N) is 2. The third kappa shape index (κ3) is 17.5. The van der Waals surface area contributed by atoms with E-state index in [4.69, 9.17) is 28.4 Å². The Kier molecular flexibility index (Phi) is 22.5. The summed E-state index contributed by atoms with van der Waals surface area (Å²) in [5.74, 6) is -1.11. The van der Waals surface area contributed by atoms with Crippen LogP contribution in [0.1, 0.15) is 57.7 Å². The molecule has 2 aromatic rings. The van der Waals surface area contributed by atoms with Crippen molar-refractivity contribution in [2.75, 3.05) is 92.3 Å². The van der Waals surface area contributed by atoms with E-state index in [1.165, 1.54) is 4.90 Å². The minimum absolute atomic E-state index is 0. The fourth-order valence-electron chi connectivity index (χ4n) is 6.40. The van der Waals surface area contributed by atoms with Gasteiger partial charge in [0.05, 0.1) is 101 Å². The monoisotopic (exact) mass is 841 g/mol. The molecule has 3 atom stereocenters. The molecule has 1 aromatic heterocycles. The largest absolute Gasteiger partial charge is 0.391 e. The van der Waals surface area contributed by atoms with E-state index in [1.807, 2.05) is 57.5 Å². The summed E-state index contributed by atoms with van der Waals surface area (Å²) in [5, 5.41) is 19.6. The number of aliphatic hydroxyl groups is 1. The molecule has 17 heteroatoms. The van der Waals surface area contributed by atoms with Crippen LogP contribution in [0, 0.1) is 12.3 Å². The minimum Gasteiger partial charge on any atom is -0.391 e. The van der Waals surface area contributed by atoms with Gasteiger partial charge in [-0.2, -0.15) is 0 Å². The lowest BCUT2D eigenvalue weighted by atomic mass is 9.85. The summed E-state index contributed by atoms with van der Waals surface area (Å²) in [6.07, 6.45) is 1.77. The predicted molar refractivity (Wildman–Crippen MR) is 219 cm³/mol. The molecule has 0 unspecified atom stereocenters. The standard InChI is InChI=1S/C40H63N5O10S.ClH/c1-29-36(56-28-43-29)31-7-5-30(6-8-31)26-42-38(48)34-25-32(46)27-45(34)39(49)37(40(2,3)4)44-35(47)11-14-50-15-16-51-17-18-52-19-20-53-21-22-54-23-24-55-33-9-12-41-13-10-33;/h5-8,28,32-34,37,41,46H,9-27H2,1-4H3,(H,42,48)(H,44,47);1H/t32-,34+,37-;/m1./s1. The lowest BCUT2D eigenvalue weighted by Crippen LogP contribution is -2.57. The summed E-state index contributed by atoms with van der Waals surface area (Å²) in [5.41, 5.74) is 4.10. The van der Waals surface area contributed by atoms with Gasteiger partial charge in [0.15, 0.2) is 0 Å². The number of nitrogens with one attached hydrogen (secondary N) is 3. The third-order valence-corrected chi connectivity index (χ3v) is 10.5. The van der Waals surface area contributed by atoms with Gasteiger partial charge in [0.1, 0.15) is 12.1 Å². The molecule has 3 amide bonds. The highest BCUT2D eigenvalue weighted by Gasteiger charge is 2.44. The van der Waals surface area contributed by atoms with Gasteiger partial charge in [0, 0.05) is 25.9 Å². The van der Waals surface area contributed by atoms with Gasteiger partial charge in [-0.3, -0.25) is 14.4 Å². The fraction of sp³-hybridized carbons (Fsp3) is 0.700. The first kappa shape index (κ1) is 48.6. The lowest BCUT2D eigenvalue weighted by Gasteiger charge is -2.35. The molecule has 0 bridgehead atoms. The molecule has 0 radical (unpaired) electrons. The van der Waals surface area contributed by atoms with Gasteiger partial charge in [-0.1, -0.05) is 45.0 Å². The summed E-state index contributed by atoms with van der Waals surface area (Å²) in [6.45, 7) is 14.6. The van der Waals surface area contributed by atoms with Gasteiger partial charge in [-0.25, -0.2) is 4.98 Å². The second kappa shape index (κ2) is 26.4. The highest BCUT2D eigenvalue weighted by atomic mass is 35.5. The number of piperidine rings is 1. The average molecular weight is 842 g/mol. The number of rotatable bonds is 25. The van der Waals surface area contributed by atoms with E-state index in [-0.39, 0.29) is 56.8 Å². The molecule has 2 fully saturated rings. The van der Waals surface area contributed by atoms with E-state index in [1.54, 1.807) is 11.3 Å². The van der Waals surface area contributed by atoms with Crippen LogP contribution in [0.15, 0.2) is 29.8 Å². The third-order valence-electron chi connectivity index (χ3n) is 9.54. The van der Waals surface area contributed by atoms with E-state index in [2.05, 4.69) is 20.9 Å². The van der Waals surface area contributed by atoms with Crippen LogP contribution in [0.2, 0.25) is 0 Å². The summed E-state index contributed by atoms with van der Waals surface area (Å²) in [4.78, 5) is 46.9. The van der Waals surface area contributed by atoms with E-state index in [9.17, 15) is 19.5 Å². The molecule has 0 saturated carbocycles. The first-order chi connectivity index (χ1) is 27.0. The maximum absolute atomic E-state index is 13.9. The Morgan fingerprint density at radius 3 is 2.00 bits per heavy atom. The summed E-state index contributed by atoms with van der Waals surface area (Å²) < 4.78 is 33.5. The molecule has 2 saturated heterocycles.